The fourth-order valence-corrected chi connectivity index (χ4v) is 4.45. The average molecular weight is 466 g/mol. The van der Waals surface area contributed by atoms with Crippen molar-refractivity contribution < 1.29 is 23.1 Å². The van der Waals surface area contributed by atoms with Gasteiger partial charge in [0.2, 0.25) is 5.95 Å². The fourth-order valence-electron chi connectivity index (χ4n) is 4.45. The number of aromatic nitrogens is 3. The molecule has 1 spiro atoms. The van der Waals surface area contributed by atoms with Gasteiger partial charge in [-0.15, -0.1) is 0 Å². The lowest BCUT2D eigenvalue weighted by molar-refractivity contribution is -0.192. The molecule has 2 aromatic heterocycles. The molecule has 180 valence electrons. The summed E-state index contributed by atoms with van der Waals surface area (Å²) in [6.45, 7) is 7.67. The van der Waals surface area contributed by atoms with Gasteiger partial charge in [-0.25, -0.2) is 14.8 Å². The highest BCUT2D eigenvalue weighted by Gasteiger charge is 2.39. The highest BCUT2D eigenvalue weighted by atomic mass is 19.4. The van der Waals surface area contributed by atoms with Crippen LogP contribution in [-0.2, 0) is 17.8 Å². The first kappa shape index (κ1) is 24.9. The highest BCUT2D eigenvalue weighted by molar-refractivity contribution is 5.73. The number of rotatable bonds is 4. The summed E-state index contributed by atoms with van der Waals surface area (Å²) in [5.41, 5.74) is 2.86. The maximum absolute atomic E-state index is 10.6. The van der Waals surface area contributed by atoms with Crippen LogP contribution in [0, 0.1) is 5.41 Å². The van der Waals surface area contributed by atoms with Crippen molar-refractivity contribution in [1.82, 2.24) is 19.9 Å². The Balaban J connectivity index is 0.000000383. The molecule has 0 atom stereocenters. The molecule has 2 aliphatic heterocycles. The minimum Gasteiger partial charge on any atom is -0.475 e. The molecule has 0 amide bonds. The molecule has 0 radical (unpaired) electrons. The molecule has 33 heavy (non-hydrogen) atoms. The van der Waals surface area contributed by atoms with Crippen molar-refractivity contribution in [3.63, 3.8) is 0 Å². The van der Waals surface area contributed by atoms with E-state index in [9.17, 15) is 13.2 Å². The van der Waals surface area contributed by atoms with Gasteiger partial charge < -0.3 is 10.0 Å². The van der Waals surface area contributed by atoms with Crippen LogP contribution >= 0.6 is 0 Å². The van der Waals surface area contributed by atoms with Gasteiger partial charge in [-0.05, 0) is 61.8 Å². The number of pyridine rings is 1. The van der Waals surface area contributed by atoms with Gasteiger partial charge in [0, 0.05) is 44.8 Å². The molecule has 4 rings (SSSR count). The van der Waals surface area contributed by atoms with Crippen molar-refractivity contribution in [1.29, 1.82) is 0 Å². The van der Waals surface area contributed by atoms with Crippen LogP contribution in [0.15, 0.2) is 36.8 Å². The highest BCUT2D eigenvalue weighted by Crippen LogP contribution is 2.40. The lowest BCUT2D eigenvalue weighted by Gasteiger charge is -2.47. The molecule has 1 N–H and O–H groups in total. The van der Waals surface area contributed by atoms with Crippen molar-refractivity contribution in [3.05, 3.63) is 48.0 Å². The Labute approximate surface area is 191 Å². The van der Waals surface area contributed by atoms with Gasteiger partial charge >= 0.3 is 12.1 Å². The van der Waals surface area contributed by atoms with Gasteiger partial charge in [0.25, 0.3) is 0 Å². The fraction of sp³-hybridized carbons (Fsp3) is 0.565. The monoisotopic (exact) mass is 465 g/mol. The second-order valence-electron chi connectivity index (χ2n) is 8.67. The van der Waals surface area contributed by atoms with Crippen LogP contribution in [0.25, 0.3) is 0 Å². The third kappa shape index (κ3) is 7.12. The third-order valence-electron chi connectivity index (χ3n) is 6.30. The summed E-state index contributed by atoms with van der Waals surface area (Å²) in [5, 5.41) is 7.12. The summed E-state index contributed by atoms with van der Waals surface area (Å²) < 4.78 is 31.7. The van der Waals surface area contributed by atoms with E-state index in [-0.39, 0.29) is 0 Å². The Bertz CT molecular complexity index is 885. The van der Waals surface area contributed by atoms with Crippen molar-refractivity contribution in [2.45, 2.75) is 51.7 Å². The minimum absolute atomic E-state index is 0.465. The maximum Gasteiger partial charge on any atom is 0.490 e. The first-order valence-corrected chi connectivity index (χ1v) is 11.2. The zero-order valence-electron chi connectivity index (χ0n) is 18.8. The van der Waals surface area contributed by atoms with Gasteiger partial charge in [0.05, 0.1) is 5.69 Å². The molecular weight excluding hydrogens is 435 g/mol. The predicted molar refractivity (Wildman–Crippen MR) is 118 cm³/mol. The predicted octanol–water partition coefficient (Wildman–Crippen LogP) is 3.95. The lowest BCUT2D eigenvalue weighted by Crippen LogP contribution is -2.49. The largest absolute Gasteiger partial charge is 0.490 e. The quantitative estimate of drug-likeness (QED) is 0.732. The van der Waals surface area contributed by atoms with E-state index in [1.807, 2.05) is 24.7 Å². The number of anilines is 1. The van der Waals surface area contributed by atoms with Crippen LogP contribution in [0.2, 0.25) is 0 Å². The summed E-state index contributed by atoms with van der Waals surface area (Å²) in [4.78, 5) is 27.5. The van der Waals surface area contributed by atoms with Crippen LogP contribution < -0.4 is 4.90 Å². The molecule has 0 unspecified atom stereocenters. The van der Waals surface area contributed by atoms with Crippen LogP contribution in [-0.4, -0.2) is 63.3 Å². The molecule has 0 aromatic carbocycles. The molecule has 2 fully saturated rings. The number of aliphatic carboxylic acids is 1. The third-order valence-corrected chi connectivity index (χ3v) is 6.30. The number of hydrogen-bond acceptors (Lipinski definition) is 6. The number of piperidine rings is 2. The zero-order valence-corrected chi connectivity index (χ0v) is 18.8. The Hall–Kier alpha value is -2.75. The minimum atomic E-state index is -5.08. The van der Waals surface area contributed by atoms with E-state index < -0.39 is 12.1 Å². The SMILES string of the molecule is CCc1cnc(N2CCC3(CCCN(Cc4ccccn4)C3)CC2)nc1.O=C(O)C(F)(F)F. The first-order valence-electron chi connectivity index (χ1n) is 11.2. The lowest BCUT2D eigenvalue weighted by atomic mass is 9.72. The van der Waals surface area contributed by atoms with E-state index in [0.717, 1.165) is 32.0 Å². The summed E-state index contributed by atoms with van der Waals surface area (Å²) in [6, 6.07) is 6.22. The Morgan fingerprint density at radius 2 is 1.76 bits per heavy atom. The summed E-state index contributed by atoms with van der Waals surface area (Å²) in [5.74, 6) is -1.86. The van der Waals surface area contributed by atoms with E-state index in [2.05, 4.69) is 43.8 Å². The molecule has 10 heteroatoms. The number of carboxylic acids is 1. The van der Waals surface area contributed by atoms with Crippen LogP contribution in [0.5, 0.6) is 0 Å². The smallest absolute Gasteiger partial charge is 0.475 e. The van der Waals surface area contributed by atoms with E-state index in [1.54, 1.807) is 0 Å². The zero-order chi connectivity index (χ0) is 23.9. The topological polar surface area (TPSA) is 82.5 Å². The molecule has 4 heterocycles. The van der Waals surface area contributed by atoms with E-state index in [4.69, 9.17) is 9.90 Å². The second-order valence-corrected chi connectivity index (χ2v) is 8.67. The number of hydrogen-bond donors (Lipinski definition) is 1. The number of alkyl halides is 3. The number of aryl methyl sites for hydroxylation is 1. The Morgan fingerprint density at radius 1 is 1.09 bits per heavy atom. The summed E-state index contributed by atoms with van der Waals surface area (Å²) in [6.07, 6.45) is 6.90. The van der Waals surface area contributed by atoms with E-state index in [1.165, 1.54) is 50.0 Å². The molecule has 0 aliphatic carbocycles. The van der Waals surface area contributed by atoms with Gasteiger partial charge in [-0.2, -0.15) is 13.2 Å². The molecular formula is C23H30F3N5O2. The molecule has 0 saturated carbocycles. The van der Waals surface area contributed by atoms with Gasteiger partial charge in [-0.1, -0.05) is 13.0 Å². The van der Waals surface area contributed by atoms with Crippen molar-refractivity contribution >= 4 is 11.9 Å². The van der Waals surface area contributed by atoms with Crippen LogP contribution in [0.3, 0.4) is 0 Å². The average Bonchev–Trinajstić information content (AvgIpc) is 2.80. The molecule has 7 nitrogen and oxygen atoms in total. The molecule has 2 aliphatic rings. The van der Waals surface area contributed by atoms with Crippen molar-refractivity contribution in [3.8, 4) is 0 Å². The van der Waals surface area contributed by atoms with Crippen LogP contribution in [0.4, 0.5) is 19.1 Å². The summed E-state index contributed by atoms with van der Waals surface area (Å²) >= 11 is 0. The Kier molecular flexibility index (Phi) is 8.23. The number of carboxylic acid groups (broad SMARTS) is 1. The number of likely N-dealkylation sites (tertiary alicyclic amines) is 1. The maximum atomic E-state index is 10.6. The summed E-state index contributed by atoms with van der Waals surface area (Å²) in [7, 11) is 0. The van der Waals surface area contributed by atoms with Crippen molar-refractivity contribution in [2.24, 2.45) is 5.41 Å². The van der Waals surface area contributed by atoms with E-state index >= 15 is 0 Å². The molecule has 2 saturated heterocycles. The number of carbonyl (C=O) groups is 1. The first-order chi connectivity index (χ1) is 15.7. The second kappa shape index (κ2) is 10.9. The van der Waals surface area contributed by atoms with Gasteiger partial charge in [0.1, 0.15) is 0 Å². The van der Waals surface area contributed by atoms with Gasteiger partial charge in [0.15, 0.2) is 0 Å². The number of nitrogens with zero attached hydrogens (tertiary/aromatic N) is 5. The molecule has 2 aromatic rings. The standard InChI is InChI=1S/C21H29N5.C2HF3O2/c1-2-18-14-23-20(24-15-18)26-12-8-21(9-13-26)7-5-11-25(17-21)16-19-6-3-4-10-22-19;3-2(4,5)1(6)7/h3-4,6,10,14-15H,2,5,7-9,11-13,16-17H2,1H3;(H,6,7). The van der Waals surface area contributed by atoms with Crippen molar-refractivity contribution in [2.75, 3.05) is 31.1 Å². The normalized spacial score (nSPS) is 18.5. The molecule has 0 bridgehead atoms. The van der Waals surface area contributed by atoms with E-state index in [0.29, 0.717) is 5.41 Å². The number of halogens is 3. The van der Waals surface area contributed by atoms with Crippen LogP contribution in [0.1, 0.15) is 43.9 Å². The van der Waals surface area contributed by atoms with Gasteiger partial charge in [-0.3, -0.25) is 9.88 Å². The Morgan fingerprint density at radius 3 is 2.30 bits per heavy atom.